The lowest BCUT2D eigenvalue weighted by Gasteiger charge is -2.09. The molecule has 24 heavy (non-hydrogen) atoms. The fraction of sp³-hybridized carbons (Fsp3) is 0.0526. The first kappa shape index (κ1) is 14.3. The minimum Gasteiger partial charge on any atom is -0.383 e. The number of aromatic nitrogens is 2. The Hall–Kier alpha value is -3.34. The molecule has 0 aliphatic heterocycles. The number of carbonyl (C=O) groups is 1. The summed E-state index contributed by atoms with van der Waals surface area (Å²) in [6.45, 7) is 1.90. The number of nitrogens with two attached hydrogens (primary N) is 1. The van der Waals surface area contributed by atoms with Crippen molar-refractivity contribution in [2.24, 2.45) is 0 Å². The van der Waals surface area contributed by atoms with Crippen LogP contribution in [-0.4, -0.2) is 15.6 Å². The van der Waals surface area contributed by atoms with Crippen molar-refractivity contribution in [3.8, 4) is 0 Å². The molecule has 2 heterocycles. The number of rotatable bonds is 2. The first-order chi connectivity index (χ1) is 11.6. The van der Waals surface area contributed by atoms with Gasteiger partial charge in [-0.3, -0.25) is 14.9 Å². The quantitative estimate of drug-likeness (QED) is 0.595. The number of aryl methyl sites for hydroxylation is 1. The van der Waals surface area contributed by atoms with E-state index in [2.05, 4.69) is 10.4 Å². The van der Waals surface area contributed by atoms with E-state index in [9.17, 15) is 4.79 Å². The van der Waals surface area contributed by atoms with Gasteiger partial charge in [0.2, 0.25) is 0 Å². The normalized spacial score (nSPS) is 11.0. The number of hydrogen-bond donors (Lipinski definition) is 2. The highest BCUT2D eigenvalue weighted by molar-refractivity contribution is 6.03. The molecule has 2 aromatic heterocycles. The molecule has 5 heteroatoms. The Balaban J connectivity index is 1.69. The summed E-state index contributed by atoms with van der Waals surface area (Å²) in [7, 11) is 0. The highest BCUT2D eigenvalue weighted by Gasteiger charge is 2.09. The molecule has 0 radical (unpaired) electrons. The van der Waals surface area contributed by atoms with Gasteiger partial charge in [-0.2, -0.15) is 0 Å². The van der Waals surface area contributed by atoms with E-state index < -0.39 is 0 Å². The van der Waals surface area contributed by atoms with Crippen LogP contribution in [0, 0.1) is 6.92 Å². The predicted octanol–water partition coefficient (Wildman–Crippen LogP) is 3.46. The molecular weight excluding hydrogens is 300 g/mol. The Kier molecular flexibility index (Phi) is 3.20. The first-order valence-electron chi connectivity index (χ1n) is 7.66. The van der Waals surface area contributed by atoms with Crippen LogP contribution in [0.15, 0.2) is 60.8 Å². The molecule has 0 saturated carbocycles. The van der Waals surface area contributed by atoms with E-state index >= 15 is 0 Å². The van der Waals surface area contributed by atoms with Crippen molar-refractivity contribution in [3.05, 3.63) is 71.9 Å². The fourth-order valence-corrected chi connectivity index (χ4v) is 2.79. The zero-order chi connectivity index (χ0) is 16.7. The maximum Gasteiger partial charge on any atom is 0.270 e. The molecule has 118 valence electrons. The second-order valence-electron chi connectivity index (χ2n) is 5.78. The lowest BCUT2D eigenvalue weighted by Crippen LogP contribution is -2.21. The van der Waals surface area contributed by atoms with E-state index in [0.29, 0.717) is 11.4 Å². The molecule has 0 aliphatic rings. The number of nitrogens with zero attached hydrogens (tertiary/aromatic N) is 2. The van der Waals surface area contributed by atoms with Crippen molar-refractivity contribution in [3.63, 3.8) is 0 Å². The Labute approximate surface area is 138 Å². The maximum atomic E-state index is 12.6. The number of nitrogen functional groups attached to an aromatic ring is 1. The molecule has 0 aliphatic carbocycles. The zero-order valence-corrected chi connectivity index (χ0v) is 13.2. The number of anilines is 1. The van der Waals surface area contributed by atoms with E-state index in [-0.39, 0.29) is 5.91 Å². The Morgan fingerprint density at radius 2 is 1.92 bits per heavy atom. The van der Waals surface area contributed by atoms with E-state index in [0.717, 1.165) is 27.4 Å². The summed E-state index contributed by atoms with van der Waals surface area (Å²) in [4.78, 5) is 16.9. The van der Waals surface area contributed by atoms with Gasteiger partial charge in [0, 0.05) is 22.5 Å². The second-order valence-corrected chi connectivity index (χ2v) is 5.78. The van der Waals surface area contributed by atoms with Gasteiger partial charge in [-0.05, 0) is 48.9 Å². The van der Waals surface area contributed by atoms with Gasteiger partial charge >= 0.3 is 0 Å². The van der Waals surface area contributed by atoms with Gasteiger partial charge in [-0.1, -0.05) is 18.2 Å². The van der Waals surface area contributed by atoms with Gasteiger partial charge in [0.25, 0.3) is 5.91 Å². The number of pyridine rings is 1. The third kappa shape index (κ3) is 2.36. The van der Waals surface area contributed by atoms with Crippen LogP contribution in [0.5, 0.6) is 0 Å². The molecule has 3 N–H and O–H groups in total. The SMILES string of the molecule is Cc1cc2cc(C(=O)Nn3ccc4ccccc43)ccc2nc1N. The van der Waals surface area contributed by atoms with Crippen molar-refractivity contribution in [2.75, 3.05) is 11.2 Å². The maximum absolute atomic E-state index is 12.6. The zero-order valence-electron chi connectivity index (χ0n) is 13.2. The van der Waals surface area contributed by atoms with E-state index in [1.165, 1.54) is 0 Å². The first-order valence-corrected chi connectivity index (χ1v) is 7.66. The van der Waals surface area contributed by atoms with Gasteiger partial charge in [-0.25, -0.2) is 4.98 Å². The third-order valence-corrected chi connectivity index (χ3v) is 4.13. The summed E-state index contributed by atoms with van der Waals surface area (Å²) >= 11 is 0. The summed E-state index contributed by atoms with van der Waals surface area (Å²) in [5, 5.41) is 1.97. The number of fused-ring (bicyclic) bond motifs is 2. The lowest BCUT2D eigenvalue weighted by atomic mass is 10.1. The van der Waals surface area contributed by atoms with E-state index in [4.69, 9.17) is 5.73 Å². The Bertz CT molecular complexity index is 1080. The largest absolute Gasteiger partial charge is 0.383 e. The molecule has 4 rings (SSSR count). The van der Waals surface area contributed by atoms with Crippen LogP contribution in [0.1, 0.15) is 15.9 Å². The number of para-hydroxylation sites is 1. The van der Waals surface area contributed by atoms with Gasteiger partial charge in [-0.15, -0.1) is 0 Å². The monoisotopic (exact) mass is 316 g/mol. The average molecular weight is 316 g/mol. The van der Waals surface area contributed by atoms with Gasteiger partial charge in [0.1, 0.15) is 5.82 Å². The fourth-order valence-electron chi connectivity index (χ4n) is 2.79. The summed E-state index contributed by atoms with van der Waals surface area (Å²) in [6.07, 6.45) is 1.84. The summed E-state index contributed by atoms with van der Waals surface area (Å²) in [6, 6.07) is 17.2. The molecule has 0 fully saturated rings. The summed E-state index contributed by atoms with van der Waals surface area (Å²) < 4.78 is 1.73. The number of carbonyl (C=O) groups excluding carboxylic acids is 1. The minimum atomic E-state index is -0.173. The minimum absolute atomic E-state index is 0.173. The van der Waals surface area contributed by atoms with Gasteiger partial charge < -0.3 is 5.73 Å². The highest BCUT2D eigenvalue weighted by atomic mass is 16.2. The van der Waals surface area contributed by atoms with Crippen molar-refractivity contribution < 1.29 is 4.79 Å². The van der Waals surface area contributed by atoms with Gasteiger partial charge in [0.15, 0.2) is 0 Å². The number of amides is 1. The number of benzene rings is 2. The molecule has 2 aromatic carbocycles. The molecule has 0 atom stereocenters. The van der Waals surface area contributed by atoms with E-state index in [1.54, 1.807) is 10.7 Å². The Morgan fingerprint density at radius 1 is 1.08 bits per heavy atom. The molecule has 0 unspecified atom stereocenters. The van der Waals surface area contributed by atoms with Gasteiger partial charge in [0.05, 0.1) is 11.0 Å². The lowest BCUT2D eigenvalue weighted by molar-refractivity contribution is 0.101. The van der Waals surface area contributed by atoms with Crippen molar-refractivity contribution >= 4 is 33.5 Å². The standard InChI is InChI=1S/C19H16N4O/c1-12-10-15-11-14(6-7-16(15)21-18(12)20)19(24)22-23-9-8-13-4-2-3-5-17(13)23/h2-11H,1H3,(H2,20,21)(H,22,24). The molecule has 0 bridgehead atoms. The summed E-state index contributed by atoms with van der Waals surface area (Å²) in [5.41, 5.74) is 11.9. The average Bonchev–Trinajstić information content (AvgIpc) is 2.99. The second kappa shape index (κ2) is 5.38. The molecule has 5 nitrogen and oxygen atoms in total. The smallest absolute Gasteiger partial charge is 0.270 e. The van der Waals surface area contributed by atoms with Crippen LogP contribution in [0.25, 0.3) is 21.8 Å². The van der Waals surface area contributed by atoms with Crippen LogP contribution >= 0.6 is 0 Å². The molecule has 4 aromatic rings. The third-order valence-electron chi connectivity index (χ3n) is 4.13. The Morgan fingerprint density at radius 3 is 2.79 bits per heavy atom. The van der Waals surface area contributed by atoms with Crippen molar-refractivity contribution in [1.82, 2.24) is 9.66 Å². The predicted molar refractivity (Wildman–Crippen MR) is 96.5 cm³/mol. The van der Waals surface area contributed by atoms with Crippen LogP contribution in [0.3, 0.4) is 0 Å². The number of nitrogens with one attached hydrogen (secondary N) is 1. The topological polar surface area (TPSA) is 72.9 Å². The highest BCUT2D eigenvalue weighted by Crippen LogP contribution is 2.20. The molecule has 0 spiro atoms. The molecular formula is C19H16N4O. The van der Waals surface area contributed by atoms with Crippen LogP contribution in [0.4, 0.5) is 5.82 Å². The van der Waals surface area contributed by atoms with Crippen LogP contribution < -0.4 is 11.2 Å². The molecule has 1 amide bonds. The van der Waals surface area contributed by atoms with Crippen LogP contribution in [0.2, 0.25) is 0 Å². The van der Waals surface area contributed by atoms with Crippen LogP contribution in [-0.2, 0) is 0 Å². The van der Waals surface area contributed by atoms with Crippen molar-refractivity contribution in [2.45, 2.75) is 6.92 Å². The van der Waals surface area contributed by atoms with E-state index in [1.807, 2.05) is 61.7 Å². The summed E-state index contributed by atoms with van der Waals surface area (Å²) in [5.74, 6) is 0.339. The number of hydrogen-bond acceptors (Lipinski definition) is 3. The molecule has 0 saturated heterocycles. The van der Waals surface area contributed by atoms with Crippen molar-refractivity contribution in [1.29, 1.82) is 0 Å².